The highest BCUT2D eigenvalue weighted by Crippen LogP contribution is 2.35. The zero-order chi connectivity index (χ0) is 22.9. The first-order chi connectivity index (χ1) is 16.1. The third-order valence-corrected chi connectivity index (χ3v) is 6.68. The number of hydrogen-bond acceptors (Lipinski definition) is 7. The van der Waals surface area contributed by atoms with Crippen molar-refractivity contribution in [3.8, 4) is 17.3 Å². The molecule has 2 unspecified atom stereocenters. The molecule has 1 N–H and O–H groups in total. The normalized spacial score (nSPS) is 16.9. The van der Waals surface area contributed by atoms with Gasteiger partial charge in [0.25, 0.3) is 0 Å². The summed E-state index contributed by atoms with van der Waals surface area (Å²) in [5, 5.41) is 15.1. The van der Waals surface area contributed by atoms with Crippen LogP contribution in [-0.2, 0) is 0 Å². The third kappa shape index (κ3) is 3.91. The molecule has 1 aliphatic heterocycles. The molecule has 0 bridgehead atoms. The molecule has 0 aromatic carbocycles. The van der Waals surface area contributed by atoms with E-state index in [1.807, 2.05) is 23.4 Å². The van der Waals surface area contributed by atoms with Gasteiger partial charge in [-0.25, -0.2) is 23.7 Å². The highest BCUT2D eigenvalue weighted by molar-refractivity contribution is 7.98. The number of fused-ring (bicyclic) bond motifs is 1. The number of nitriles is 1. The lowest BCUT2D eigenvalue weighted by Crippen LogP contribution is -2.26. The second-order valence-electron chi connectivity index (χ2n) is 7.88. The fourth-order valence-electron chi connectivity index (χ4n) is 4.41. The van der Waals surface area contributed by atoms with Crippen LogP contribution >= 0.6 is 11.8 Å². The van der Waals surface area contributed by atoms with Crippen LogP contribution < -0.4 is 4.90 Å². The number of hydrogen-bond donors (Lipinski definition) is 1. The molecule has 1 saturated heterocycles. The van der Waals surface area contributed by atoms with Gasteiger partial charge in [0.1, 0.15) is 17.0 Å². The van der Waals surface area contributed by atoms with Gasteiger partial charge in [0.15, 0.2) is 17.5 Å². The fraction of sp³-hybridized carbons (Fsp3) is 0.318. The molecule has 4 aromatic heterocycles. The quantitative estimate of drug-likeness (QED) is 0.425. The molecule has 168 valence electrons. The summed E-state index contributed by atoms with van der Waals surface area (Å²) in [7, 11) is 0. The van der Waals surface area contributed by atoms with Gasteiger partial charge in [0.2, 0.25) is 0 Å². The SMILES string of the molecule is CSc1nc(N2CCC(C(CC#N)n3cc(-c4ncnc5[nH]ccc45)cn3)C2)c(F)cc1F. The van der Waals surface area contributed by atoms with E-state index in [9.17, 15) is 14.0 Å². The Morgan fingerprint density at radius 3 is 3.03 bits per heavy atom. The van der Waals surface area contributed by atoms with Crippen LogP contribution in [-0.4, -0.2) is 49.1 Å². The molecule has 5 heterocycles. The summed E-state index contributed by atoms with van der Waals surface area (Å²) < 4.78 is 30.1. The van der Waals surface area contributed by atoms with Crippen LogP contribution in [0.4, 0.5) is 14.6 Å². The number of H-pyrrole nitrogens is 1. The number of rotatable bonds is 6. The Labute approximate surface area is 192 Å². The van der Waals surface area contributed by atoms with Crippen LogP contribution in [0.25, 0.3) is 22.3 Å². The monoisotopic (exact) mass is 466 g/mol. The van der Waals surface area contributed by atoms with Crippen molar-refractivity contribution in [2.75, 3.05) is 24.2 Å². The maximum atomic E-state index is 14.5. The first kappa shape index (κ1) is 21.3. The molecule has 1 aliphatic rings. The van der Waals surface area contributed by atoms with Crippen LogP contribution in [0.1, 0.15) is 18.9 Å². The Hall–Kier alpha value is -3.52. The molecule has 5 rings (SSSR count). The van der Waals surface area contributed by atoms with E-state index < -0.39 is 11.6 Å². The zero-order valence-electron chi connectivity index (χ0n) is 17.7. The summed E-state index contributed by atoms with van der Waals surface area (Å²) in [6, 6.07) is 4.86. The van der Waals surface area contributed by atoms with Crippen LogP contribution in [0.5, 0.6) is 0 Å². The molecule has 4 aromatic rings. The van der Waals surface area contributed by atoms with E-state index in [0.29, 0.717) is 13.1 Å². The molecule has 0 saturated carbocycles. The lowest BCUT2D eigenvalue weighted by atomic mass is 9.96. The van der Waals surface area contributed by atoms with Crippen LogP contribution in [0, 0.1) is 28.9 Å². The molecule has 0 amide bonds. The van der Waals surface area contributed by atoms with E-state index in [1.165, 1.54) is 6.33 Å². The molecule has 8 nitrogen and oxygen atoms in total. The second kappa shape index (κ2) is 8.78. The summed E-state index contributed by atoms with van der Waals surface area (Å²) in [6.07, 6.45) is 9.64. The number of thioether (sulfide) groups is 1. The molecule has 11 heteroatoms. The Morgan fingerprint density at radius 1 is 1.33 bits per heavy atom. The van der Waals surface area contributed by atoms with Crippen molar-refractivity contribution in [3.05, 3.63) is 48.7 Å². The third-order valence-electron chi connectivity index (χ3n) is 6.01. The predicted molar refractivity (Wildman–Crippen MR) is 121 cm³/mol. The molecular formula is C22H20F2N8S. The van der Waals surface area contributed by atoms with Crippen molar-refractivity contribution in [2.45, 2.75) is 23.9 Å². The first-order valence-electron chi connectivity index (χ1n) is 10.4. The lowest BCUT2D eigenvalue weighted by Gasteiger charge is -2.23. The van der Waals surface area contributed by atoms with Crippen molar-refractivity contribution in [3.63, 3.8) is 0 Å². The highest BCUT2D eigenvalue weighted by atomic mass is 32.2. The van der Waals surface area contributed by atoms with Gasteiger partial charge < -0.3 is 9.88 Å². The van der Waals surface area contributed by atoms with Gasteiger partial charge in [-0.3, -0.25) is 4.68 Å². The Balaban J connectivity index is 1.41. The largest absolute Gasteiger partial charge is 0.354 e. The van der Waals surface area contributed by atoms with E-state index in [-0.39, 0.29) is 29.2 Å². The summed E-state index contributed by atoms with van der Waals surface area (Å²) in [6.45, 7) is 1.07. The average Bonchev–Trinajstić information content (AvgIpc) is 3.58. The van der Waals surface area contributed by atoms with Gasteiger partial charge in [-0.1, -0.05) is 0 Å². The van der Waals surface area contributed by atoms with Crippen molar-refractivity contribution >= 4 is 28.6 Å². The lowest BCUT2D eigenvalue weighted by molar-refractivity contribution is 0.331. The molecule has 0 radical (unpaired) electrons. The second-order valence-corrected chi connectivity index (χ2v) is 8.68. The minimum Gasteiger partial charge on any atom is -0.354 e. The van der Waals surface area contributed by atoms with Gasteiger partial charge in [0, 0.05) is 48.4 Å². The molecule has 1 fully saturated rings. The zero-order valence-corrected chi connectivity index (χ0v) is 18.6. The van der Waals surface area contributed by atoms with Crippen LogP contribution in [0.3, 0.4) is 0 Å². The van der Waals surface area contributed by atoms with E-state index in [4.69, 9.17) is 0 Å². The topological polar surface area (TPSA) is 99.3 Å². The number of anilines is 1. The first-order valence-corrected chi connectivity index (χ1v) is 11.7. The molecular weight excluding hydrogens is 446 g/mol. The van der Waals surface area contributed by atoms with Gasteiger partial charge >= 0.3 is 0 Å². The standard InChI is InChI=1S/C22H20F2N8S/c1-33-22-17(24)8-16(23)21(30-22)31-7-4-13(10-31)18(2-5-25)32-11-14(9-29-32)19-15-3-6-26-20(15)28-12-27-19/h3,6,8-9,11-13,18H,2,4,7,10H2,1H3,(H,26,27,28). The number of pyridine rings is 1. The van der Waals surface area contributed by atoms with Gasteiger partial charge in [0.05, 0.1) is 30.4 Å². The van der Waals surface area contributed by atoms with Crippen LogP contribution in [0.2, 0.25) is 0 Å². The number of aromatic amines is 1. The smallest absolute Gasteiger partial charge is 0.168 e. The number of halogens is 2. The van der Waals surface area contributed by atoms with E-state index in [0.717, 1.165) is 46.5 Å². The summed E-state index contributed by atoms with van der Waals surface area (Å²) in [5.41, 5.74) is 2.33. The predicted octanol–water partition coefficient (Wildman–Crippen LogP) is 4.20. The molecule has 0 spiro atoms. The number of nitrogens with zero attached hydrogens (tertiary/aromatic N) is 7. The summed E-state index contributed by atoms with van der Waals surface area (Å²) >= 11 is 1.14. The Morgan fingerprint density at radius 2 is 2.21 bits per heavy atom. The van der Waals surface area contributed by atoms with Gasteiger partial charge in [-0.05, 0) is 18.7 Å². The summed E-state index contributed by atoms with van der Waals surface area (Å²) in [4.78, 5) is 17.7. The number of aromatic nitrogens is 6. The van der Waals surface area contributed by atoms with Crippen molar-refractivity contribution in [1.82, 2.24) is 29.7 Å². The van der Waals surface area contributed by atoms with Gasteiger partial charge in [-0.15, -0.1) is 11.8 Å². The Bertz CT molecular complexity index is 1340. The minimum atomic E-state index is -0.677. The van der Waals surface area contributed by atoms with Crippen molar-refractivity contribution in [2.24, 2.45) is 5.92 Å². The number of nitrogens with one attached hydrogen (secondary N) is 1. The van der Waals surface area contributed by atoms with E-state index >= 15 is 0 Å². The maximum Gasteiger partial charge on any atom is 0.168 e. The fourth-order valence-corrected chi connectivity index (χ4v) is 4.84. The minimum absolute atomic E-state index is 0.0547. The molecule has 2 atom stereocenters. The Kier molecular flexibility index (Phi) is 5.68. The average molecular weight is 467 g/mol. The molecule has 33 heavy (non-hydrogen) atoms. The van der Waals surface area contributed by atoms with E-state index in [2.05, 4.69) is 31.1 Å². The van der Waals surface area contributed by atoms with Crippen LogP contribution in [0.15, 0.2) is 42.1 Å². The molecule has 0 aliphatic carbocycles. The van der Waals surface area contributed by atoms with E-state index in [1.54, 1.807) is 17.1 Å². The highest BCUT2D eigenvalue weighted by Gasteiger charge is 2.33. The van der Waals surface area contributed by atoms with Crippen molar-refractivity contribution in [1.29, 1.82) is 5.26 Å². The summed E-state index contributed by atoms with van der Waals surface area (Å²) in [5.74, 6) is -1.13. The van der Waals surface area contributed by atoms with Crippen molar-refractivity contribution < 1.29 is 8.78 Å². The van der Waals surface area contributed by atoms with Gasteiger partial charge in [-0.2, -0.15) is 10.4 Å². The maximum absolute atomic E-state index is 14.5.